The van der Waals surface area contributed by atoms with Gasteiger partial charge in [-0.1, -0.05) is 0 Å². The standard InChI is InChI=1S/C20H26N6O3/c1-23-14-17(12-21-23)25-10-4-5-16(13-25)22-15-6-7-19(26(28)29)18(11-15)20(27)24-8-2-3-9-24/h6-7,11-12,14,16,22H,2-5,8-10,13H2,1H3. The van der Waals surface area contributed by atoms with E-state index in [1.54, 1.807) is 21.7 Å². The van der Waals surface area contributed by atoms with Crippen molar-refractivity contribution in [2.24, 2.45) is 7.05 Å². The van der Waals surface area contributed by atoms with Gasteiger partial charge in [-0.25, -0.2) is 0 Å². The van der Waals surface area contributed by atoms with E-state index in [0.717, 1.165) is 50.1 Å². The number of hydrogen-bond donors (Lipinski definition) is 1. The second-order valence-electron chi connectivity index (χ2n) is 7.79. The third-order valence-corrected chi connectivity index (χ3v) is 5.67. The van der Waals surface area contributed by atoms with E-state index in [0.29, 0.717) is 13.1 Å². The maximum atomic E-state index is 12.8. The van der Waals surface area contributed by atoms with Gasteiger partial charge in [-0.15, -0.1) is 0 Å². The molecule has 0 saturated carbocycles. The molecule has 9 nitrogen and oxygen atoms in total. The molecule has 29 heavy (non-hydrogen) atoms. The number of carbonyl (C=O) groups excluding carboxylic acids is 1. The SMILES string of the molecule is Cn1cc(N2CCCC(Nc3ccc([N+](=O)[O-])c(C(=O)N4CCCC4)c3)C2)cn1. The minimum Gasteiger partial charge on any atom is -0.381 e. The van der Waals surface area contributed by atoms with E-state index in [4.69, 9.17) is 0 Å². The number of likely N-dealkylation sites (tertiary alicyclic amines) is 1. The number of nitrogens with one attached hydrogen (secondary N) is 1. The van der Waals surface area contributed by atoms with Gasteiger partial charge >= 0.3 is 0 Å². The van der Waals surface area contributed by atoms with Crippen molar-refractivity contribution in [2.75, 3.05) is 36.4 Å². The van der Waals surface area contributed by atoms with Crippen molar-refractivity contribution in [1.82, 2.24) is 14.7 Å². The summed E-state index contributed by atoms with van der Waals surface area (Å²) < 4.78 is 1.79. The van der Waals surface area contributed by atoms with Gasteiger partial charge in [0.2, 0.25) is 0 Å². The third-order valence-electron chi connectivity index (χ3n) is 5.67. The molecule has 2 aliphatic rings. The molecule has 1 amide bonds. The molecular weight excluding hydrogens is 372 g/mol. The normalized spacial score (nSPS) is 19.4. The summed E-state index contributed by atoms with van der Waals surface area (Å²) in [5.41, 5.74) is 1.87. The van der Waals surface area contributed by atoms with Crippen LogP contribution in [0.15, 0.2) is 30.6 Å². The summed E-state index contributed by atoms with van der Waals surface area (Å²) in [6.07, 6.45) is 7.80. The Hall–Kier alpha value is -3.10. The summed E-state index contributed by atoms with van der Waals surface area (Å²) in [5, 5.41) is 19.2. The molecule has 1 unspecified atom stereocenters. The zero-order valence-electron chi connectivity index (χ0n) is 16.6. The third kappa shape index (κ3) is 4.18. The number of rotatable bonds is 5. The number of nitrogens with zero attached hydrogens (tertiary/aromatic N) is 5. The minimum absolute atomic E-state index is 0.131. The average molecular weight is 398 g/mol. The second kappa shape index (κ2) is 8.10. The molecule has 0 spiro atoms. The number of carbonyl (C=O) groups is 1. The van der Waals surface area contributed by atoms with Crippen molar-refractivity contribution in [1.29, 1.82) is 0 Å². The van der Waals surface area contributed by atoms with Gasteiger partial charge in [0.05, 0.1) is 16.8 Å². The number of nitro groups is 1. The van der Waals surface area contributed by atoms with Gasteiger partial charge < -0.3 is 15.1 Å². The van der Waals surface area contributed by atoms with Crippen LogP contribution in [0.1, 0.15) is 36.0 Å². The summed E-state index contributed by atoms with van der Waals surface area (Å²) in [6.45, 7) is 3.12. The maximum absolute atomic E-state index is 12.8. The van der Waals surface area contributed by atoms with E-state index in [-0.39, 0.29) is 23.2 Å². The van der Waals surface area contributed by atoms with E-state index >= 15 is 0 Å². The van der Waals surface area contributed by atoms with Gasteiger partial charge in [-0.3, -0.25) is 19.6 Å². The molecule has 0 bridgehead atoms. The molecule has 2 aliphatic heterocycles. The lowest BCUT2D eigenvalue weighted by atomic mass is 10.0. The lowest BCUT2D eigenvalue weighted by Crippen LogP contribution is -2.42. The molecule has 1 atom stereocenters. The van der Waals surface area contributed by atoms with Crippen molar-refractivity contribution in [2.45, 2.75) is 31.7 Å². The maximum Gasteiger partial charge on any atom is 0.282 e. The van der Waals surface area contributed by atoms with Crippen molar-refractivity contribution >= 4 is 23.0 Å². The molecule has 4 rings (SSSR count). The van der Waals surface area contributed by atoms with E-state index in [1.807, 2.05) is 19.4 Å². The minimum atomic E-state index is -0.474. The summed E-state index contributed by atoms with van der Waals surface area (Å²) in [7, 11) is 1.90. The van der Waals surface area contributed by atoms with E-state index < -0.39 is 4.92 Å². The fourth-order valence-electron chi connectivity index (χ4n) is 4.18. The van der Waals surface area contributed by atoms with Crippen LogP contribution in [0.3, 0.4) is 0 Å². The predicted molar refractivity (Wildman–Crippen MR) is 110 cm³/mol. The topological polar surface area (TPSA) is 96.5 Å². The summed E-state index contributed by atoms with van der Waals surface area (Å²) in [4.78, 5) is 27.8. The van der Waals surface area contributed by atoms with Crippen molar-refractivity contribution in [3.8, 4) is 0 Å². The fourth-order valence-corrected chi connectivity index (χ4v) is 4.18. The van der Waals surface area contributed by atoms with Crippen LogP contribution in [0.4, 0.5) is 17.1 Å². The largest absolute Gasteiger partial charge is 0.381 e. The monoisotopic (exact) mass is 398 g/mol. The summed E-state index contributed by atoms with van der Waals surface area (Å²) in [6, 6.07) is 4.97. The Morgan fingerprint density at radius 2 is 2.03 bits per heavy atom. The smallest absolute Gasteiger partial charge is 0.282 e. The lowest BCUT2D eigenvalue weighted by molar-refractivity contribution is -0.385. The van der Waals surface area contributed by atoms with Crippen molar-refractivity contribution in [3.05, 3.63) is 46.3 Å². The molecule has 1 aromatic carbocycles. The first-order valence-corrected chi connectivity index (χ1v) is 10.1. The Labute approximate surface area is 169 Å². The van der Waals surface area contributed by atoms with Crippen LogP contribution in [0.25, 0.3) is 0 Å². The van der Waals surface area contributed by atoms with Crippen LogP contribution in [-0.4, -0.2) is 57.7 Å². The Balaban J connectivity index is 1.51. The van der Waals surface area contributed by atoms with Gasteiger partial charge in [0.25, 0.3) is 11.6 Å². The molecule has 154 valence electrons. The Morgan fingerprint density at radius 1 is 1.24 bits per heavy atom. The van der Waals surface area contributed by atoms with Gasteiger partial charge in [0.1, 0.15) is 5.56 Å². The summed E-state index contributed by atoms with van der Waals surface area (Å²) in [5.74, 6) is -0.251. The van der Waals surface area contributed by atoms with Gasteiger partial charge in [-0.05, 0) is 37.8 Å². The molecule has 1 aromatic heterocycles. The highest BCUT2D eigenvalue weighted by Crippen LogP contribution is 2.27. The van der Waals surface area contributed by atoms with Gasteiger partial charge in [0.15, 0.2) is 0 Å². The highest BCUT2D eigenvalue weighted by atomic mass is 16.6. The van der Waals surface area contributed by atoms with Gasteiger partial charge in [-0.2, -0.15) is 5.10 Å². The van der Waals surface area contributed by atoms with Crippen molar-refractivity contribution < 1.29 is 9.72 Å². The number of aryl methyl sites for hydroxylation is 1. The Kier molecular flexibility index (Phi) is 5.37. The zero-order chi connectivity index (χ0) is 20.4. The van der Waals surface area contributed by atoms with E-state index in [9.17, 15) is 14.9 Å². The number of benzene rings is 1. The number of anilines is 2. The molecule has 0 radical (unpaired) electrons. The summed E-state index contributed by atoms with van der Waals surface area (Å²) >= 11 is 0. The first kappa shape index (κ1) is 19.2. The molecule has 3 heterocycles. The fraction of sp³-hybridized carbons (Fsp3) is 0.500. The Bertz CT molecular complexity index is 905. The van der Waals surface area contributed by atoms with Crippen LogP contribution >= 0.6 is 0 Å². The number of piperidine rings is 1. The highest BCUT2D eigenvalue weighted by molar-refractivity contribution is 5.99. The Morgan fingerprint density at radius 3 is 2.72 bits per heavy atom. The van der Waals surface area contributed by atoms with Crippen LogP contribution in [0.5, 0.6) is 0 Å². The van der Waals surface area contributed by atoms with E-state index in [1.165, 1.54) is 6.07 Å². The average Bonchev–Trinajstić information content (AvgIpc) is 3.39. The van der Waals surface area contributed by atoms with E-state index in [2.05, 4.69) is 15.3 Å². The zero-order valence-corrected chi connectivity index (χ0v) is 16.6. The molecular formula is C20H26N6O3. The molecule has 0 aliphatic carbocycles. The number of hydrogen-bond acceptors (Lipinski definition) is 6. The quantitative estimate of drug-likeness (QED) is 0.614. The number of aromatic nitrogens is 2. The molecule has 9 heteroatoms. The first-order chi connectivity index (χ1) is 14.0. The molecule has 2 saturated heterocycles. The van der Waals surface area contributed by atoms with Gasteiger partial charge in [0, 0.05) is 57.2 Å². The number of nitro benzene ring substituents is 1. The highest BCUT2D eigenvalue weighted by Gasteiger charge is 2.28. The van der Waals surface area contributed by atoms with Crippen LogP contribution in [0.2, 0.25) is 0 Å². The lowest BCUT2D eigenvalue weighted by Gasteiger charge is -2.34. The molecule has 2 aromatic rings. The van der Waals surface area contributed by atoms with Crippen LogP contribution in [0, 0.1) is 10.1 Å². The van der Waals surface area contributed by atoms with Crippen molar-refractivity contribution in [3.63, 3.8) is 0 Å². The van der Waals surface area contributed by atoms with Crippen LogP contribution < -0.4 is 10.2 Å². The first-order valence-electron chi connectivity index (χ1n) is 10.1. The molecule has 1 N–H and O–H groups in total. The number of amides is 1. The van der Waals surface area contributed by atoms with Crippen LogP contribution in [-0.2, 0) is 7.05 Å². The molecule has 2 fully saturated rings. The predicted octanol–water partition coefficient (Wildman–Crippen LogP) is 2.65. The second-order valence-corrected chi connectivity index (χ2v) is 7.79.